The summed E-state index contributed by atoms with van der Waals surface area (Å²) in [6.07, 6.45) is 0.266. The molecule has 0 aliphatic heterocycles. The number of alkyl halides is 3. The molecule has 11 heteroatoms. The van der Waals surface area contributed by atoms with Crippen LogP contribution in [0.2, 0.25) is 0 Å². The van der Waals surface area contributed by atoms with Gasteiger partial charge in [0.15, 0.2) is 11.5 Å². The second-order valence-electron chi connectivity index (χ2n) is 10.7. The molecule has 0 aromatic heterocycles. The number of esters is 1. The molecule has 1 aromatic carbocycles. The SMILES string of the molecule is C=C(C)C1(Oc2cc(C(=O)OCCS(=O)(=O)O)ccc2OC(F)(F)F)CC2CC1C1C3CCC(C3)C21. The van der Waals surface area contributed by atoms with E-state index in [2.05, 4.69) is 11.3 Å². The Kier molecular flexibility index (Phi) is 6.10. The number of hydrogen-bond acceptors (Lipinski definition) is 6. The van der Waals surface area contributed by atoms with E-state index in [0.717, 1.165) is 36.1 Å². The maximum atomic E-state index is 13.2. The molecule has 1 aromatic rings. The fraction of sp³-hybridized carbons (Fsp3) is 0.640. The number of rotatable bonds is 8. The topological polar surface area (TPSA) is 99.1 Å². The number of carbonyl (C=O) groups is 1. The monoisotopic (exact) mass is 530 g/mol. The molecule has 4 aliphatic carbocycles. The lowest BCUT2D eigenvalue weighted by Gasteiger charge is -2.47. The van der Waals surface area contributed by atoms with E-state index in [-0.39, 0.29) is 17.2 Å². The van der Waals surface area contributed by atoms with Crippen LogP contribution in [0.15, 0.2) is 30.4 Å². The van der Waals surface area contributed by atoms with Crippen LogP contribution >= 0.6 is 0 Å². The molecular formula is C25H29F3O7S. The molecule has 7 nitrogen and oxygen atoms in total. The van der Waals surface area contributed by atoms with Crippen LogP contribution in [0.4, 0.5) is 13.2 Å². The number of hydrogen-bond donors (Lipinski definition) is 1. The van der Waals surface area contributed by atoms with E-state index in [4.69, 9.17) is 14.0 Å². The zero-order valence-corrected chi connectivity index (χ0v) is 20.6. The van der Waals surface area contributed by atoms with Gasteiger partial charge in [-0.1, -0.05) is 6.58 Å². The first-order valence-corrected chi connectivity index (χ1v) is 13.8. The van der Waals surface area contributed by atoms with Crippen molar-refractivity contribution < 1.29 is 45.1 Å². The van der Waals surface area contributed by atoms with E-state index in [0.29, 0.717) is 30.1 Å². The van der Waals surface area contributed by atoms with Crippen molar-refractivity contribution in [1.29, 1.82) is 0 Å². The van der Waals surface area contributed by atoms with Crippen molar-refractivity contribution in [2.75, 3.05) is 12.4 Å². The molecule has 7 atom stereocenters. The van der Waals surface area contributed by atoms with Gasteiger partial charge in [-0.25, -0.2) is 4.79 Å². The molecule has 0 radical (unpaired) electrons. The van der Waals surface area contributed by atoms with Crippen LogP contribution in [0.5, 0.6) is 11.5 Å². The van der Waals surface area contributed by atoms with Crippen LogP contribution in [-0.2, 0) is 14.9 Å². The van der Waals surface area contributed by atoms with Crippen LogP contribution in [0.3, 0.4) is 0 Å². The molecule has 0 saturated heterocycles. The van der Waals surface area contributed by atoms with Crippen LogP contribution in [0.25, 0.3) is 0 Å². The van der Waals surface area contributed by atoms with Gasteiger partial charge >= 0.3 is 12.3 Å². The number of carbonyl (C=O) groups excluding carboxylic acids is 1. The van der Waals surface area contributed by atoms with E-state index < -0.39 is 46.2 Å². The Labute approximate surface area is 207 Å². The van der Waals surface area contributed by atoms with Gasteiger partial charge in [-0.15, -0.1) is 13.2 Å². The first-order valence-electron chi connectivity index (χ1n) is 12.1. The summed E-state index contributed by atoms with van der Waals surface area (Å²) in [5.74, 6) is 0.390. The van der Waals surface area contributed by atoms with E-state index in [1.54, 1.807) is 0 Å². The maximum Gasteiger partial charge on any atom is 0.573 e. The van der Waals surface area contributed by atoms with Crippen molar-refractivity contribution in [2.45, 2.75) is 51.0 Å². The van der Waals surface area contributed by atoms with Gasteiger partial charge in [0.05, 0.1) is 5.56 Å². The third-order valence-corrected chi connectivity index (χ3v) is 9.45. The molecular weight excluding hydrogens is 501 g/mol. The van der Waals surface area contributed by atoms with Crippen molar-refractivity contribution in [3.05, 3.63) is 35.9 Å². The molecule has 4 fully saturated rings. The van der Waals surface area contributed by atoms with Crippen LogP contribution in [0.1, 0.15) is 49.4 Å². The predicted molar refractivity (Wildman–Crippen MR) is 122 cm³/mol. The minimum Gasteiger partial charge on any atom is -0.479 e. The summed E-state index contributed by atoms with van der Waals surface area (Å²) >= 11 is 0. The lowest BCUT2D eigenvalue weighted by atomic mass is 9.64. The van der Waals surface area contributed by atoms with Crippen molar-refractivity contribution in [3.8, 4) is 11.5 Å². The second kappa shape index (κ2) is 8.65. The zero-order chi connectivity index (χ0) is 26.0. The molecule has 5 rings (SSSR count). The summed E-state index contributed by atoms with van der Waals surface area (Å²) in [6, 6.07) is 3.21. The summed E-state index contributed by atoms with van der Waals surface area (Å²) in [4.78, 5) is 12.5. The summed E-state index contributed by atoms with van der Waals surface area (Å²) < 4.78 is 85.7. The van der Waals surface area contributed by atoms with E-state index >= 15 is 0 Å². The highest BCUT2D eigenvalue weighted by Gasteiger charge is 2.68. The summed E-state index contributed by atoms with van der Waals surface area (Å²) in [5.41, 5.74) is -0.268. The average Bonchev–Trinajstić information content (AvgIpc) is 3.52. The number of benzene rings is 1. The lowest BCUT2D eigenvalue weighted by Crippen LogP contribution is -2.49. The molecule has 1 N–H and O–H groups in total. The number of fused-ring (bicyclic) bond motifs is 9. The zero-order valence-electron chi connectivity index (χ0n) is 19.8. The minimum absolute atomic E-state index is 0.129. The fourth-order valence-electron chi connectivity index (χ4n) is 7.72. The molecule has 0 spiro atoms. The first kappa shape index (κ1) is 25.4. The molecule has 4 saturated carbocycles. The largest absolute Gasteiger partial charge is 0.573 e. The van der Waals surface area contributed by atoms with Gasteiger partial charge in [0.1, 0.15) is 18.0 Å². The van der Waals surface area contributed by atoms with Crippen molar-refractivity contribution in [2.24, 2.45) is 35.5 Å². The number of ether oxygens (including phenoxy) is 3. The van der Waals surface area contributed by atoms with Crippen molar-refractivity contribution in [3.63, 3.8) is 0 Å². The Bertz CT molecular complexity index is 1180. The third kappa shape index (κ3) is 4.49. The summed E-state index contributed by atoms with van der Waals surface area (Å²) in [6.45, 7) is 5.39. The highest BCUT2D eigenvalue weighted by molar-refractivity contribution is 7.85. The van der Waals surface area contributed by atoms with Crippen molar-refractivity contribution in [1.82, 2.24) is 0 Å². The van der Waals surface area contributed by atoms with Gasteiger partial charge in [-0.2, -0.15) is 8.42 Å². The van der Waals surface area contributed by atoms with Crippen LogP contribution < -0.4 is 9.47 Å². The number of halogens is 3. The van der Waals surface area contributed by atoms with E-state index in [1.165, 1.54) is 19.3 Å². The van der Waals surface area contributed by atoms with E-state index in [1.807, 2.05) is 6.92 Å². The standard InChI is InChI=1S/C25H29F3O7S/c1-13(2)24(12-17-10-18(24)22-15-4-3-14(9-15)21(17)22)34-20-11-16(5-6-19(20)35-25(26,27)28)23(29)33-7-8-36(30,31)32/h5-6,11,14-15,17-18,21-22H,1,3-4,7-10,12H2,2H3,(H,30,31,32). The maximum absolute atomic E-state index is 13.2. The van der Waals surface area contributed by atoms with E-state index in [9.17, 15) is 26.4 Å². The first-order chi connectivity index (χ1) is 16.8. The van der Waals surface area contributed by atoms with Crippen LogP contribution in [0, 0.1) is 35.5 Å². The fourth-order valence-corrected chi connectivity index (χ4v) is 8.01. The molecule has 4 bridgehead atoms. The van der Waals surface area contributed by atoms with Gasteiger partial charge in [0.25, 0.3) is 10.1 Å². The molecule has 0 heterocycles. The molecule has 36 heavy (non-hydrogen) atoms. The normalized spacial score (nSPS) is 34.5. The average molecular weight is 531 g/mol. The second-order valence-corrected chi connectivity index (χ2v) is 12.3. The highest BCUT2D eigenvalue weighted by atomic mass is 32.2. The van der Waals surface area contributed by atoms with Crippen LogP contribution in [-0.4, -0.2) is 43.3 Å². The Hall–Kier alpha value is -2.27. The highest BCUT2D eigenvalue weighted by Crippen LogP contribution is 2.71. The molecule has 7 unspecified atom stereocenters. The Balaban J connectivity index is 1.44. The third-order valence-electron chi connectivity index (χ3n) is 8.77. The Morgan fingerprint density at radius 3 is 2.47 bits per heavy atom. The minimum atomic E-state index is -4.98. The van der Waals surface area contributed by atoms with Gasteiger partial charge in [0.2, 0.25) is 0 Å². The Morgan fingerprint density at radius 1 is 1.14 bits per heavy atom. The van der Waals surface area contributed by atoms with Gasteiger partial charge in [-0.3, -0.25) is 4.55 Å². The summed E-state index contributed by atoms with van der Waals surface area (Å²) in [7, 11) is -4.34. The predicted octanol–water partition coefficient (Wildman–Crippen LogP) is 5.03. The summed E-state index contributed by atoms with van der Waals surface area (Å²) in [5, 5.41) is 0. The molecule has 198 valence electrons. The van der Waals surface area contributed by atoms with Gasteiger partial charge in [-0.05, 0) is 92.4 Å². The Morgan fingerprint density at radius 2 is 1.83 bits per heavy atom. The quantitative estimate of drug-likeness (QED) is 0.218. The molecule has 4 aliphatic rings. The van der Waals surface area contributed by atoms with Gasteiger partial charge in [0, 0.05) is 5.92 Å². The molecule has 0 amide bonds. The van der Waals surface area contributed by atoms with Crippen molar-refractivity contribution >= 4 is 16.1 Å². The smallest absolute Gasteiger partial charge is 0.479 e. The van der Waals surface area contributed by atoms with Gasteiger partial charge < -0.3 is 14.2 Å². The lowest BCUT2D eigenvalue weighted by molar-refractivity contribution is -0.275.